The maximum absolute atomic E-state index is 7.71. The van der Waals surface area contributed by atoms with Gasteiger partial charge in [0.05, 0.1) is 5.56 Å². The zero-order valence-electron chi connectivity index (χ0n) is 11.3. The van der Waals surface area contributed by atoms with Gasteiger partial charge in [-0.25, -0.2) is 4.98 Å². The zero-order valence-corrected chi connectivity index (χ0v) is 11.3. The fraction of sp³-hybridized carbons (Fsp3) is 0.250. The number of nitrogens with two attached hydrogens (primary N) is 1. The lowest BCUT2D eigenvalue weighted by molar-refractivity contribution is 0.754. The minimum absolute atomic E-state index is 0.0747. The summed E-state index contributed by atoms with van der Waals surface area (Å²) in [4.78, 5) is 6.67. The number of aryl methyl sites for hydroxylation is 1. The first-order chi connectivity index (χ1) is 9.75. The number of aromatic nitrogens is 1. The van der Waals surface area contributed by atoms with Crippen LogP contribution < -0.4 is 10.6 Å². The summed E-state index contributed by atoms with van der Waals surface area (Å²) < 4.78 is 0. The van der Waals surface area contributed by atoms with Gasteiger partial charge in [0.1, 0.15) is 11.7 Å². The predicted molar refractivity (Wildman–Crippen MR) is 81.1 cm³/mol. The van der Waals surface area contributed by atoms with Gasteiger partial charge in [-0.2, -0.15) is 0 Å². The SMILES string of the molecule is N=C(N)c1cccnc1N1CCCc2ccccc2C1. The molecule has 0 bridgehead atoms. The normalized spacial score (nSPS) is 14.5. The van der Waals surface area contributed by atoms with Gasteiger partial charge in [0.25, 0.3) is 0 Å². The maximum Gasteiger partial charge on any atom is 0.139 e. The number of benzene rings is 1. The summed E-state index contributed by atoms with van der Waals surface area (Å²) in [6.07, 6.45) is 3.94. The molecule has 3 rings (SSSR count). The standard InChI is InChI=1S/C16H18N4/c17-15(18)14-8-3-9-19-16(14)20-10-4-7-12-5-1-2-6-13(12)11-20/h1-3,5-6,8-9H,4,7,10-11H2,(H3,17,18). The third-order valence-electron chi connectivity index (χ3n) is 3.73. The molecule has 20 heavy (non-hydrogen) atoms. The molecule has 0 amide bonds. The average Bonchev–Trinajstić information content (AvgIpc) is 2.69. The number of anilines is 1. The highest BCUT2D eigenvalue weighted by Gasteiger charge is 2.18. The Hall–Kier alpha value is -2.36. The second-order valence-corrected chi connectivity index (χ2v) is 5.08. The highest BCUT2D eigenvalue weighted by atomic mass is 15.2. The molecule has 0 spiro atoms. The molecule has 3 N–H and O–H groups in total. The van der Waals surface area contributed by atoms with E-state index in [1.807, 2.05) is 12.1 Å². The first-order valence-electron chi connectivity index (χ1n) is 6.87. The molecular formula is C16H18N4. The van der Waals surface area contributed by atoms with E-state index in [9.17, 15) is 0 Å². The molecule has 102 valence electrons. The van der Waals surface area contributed by atoms with Crippen molar-refractivity contribution in [2.75, 3.05) is 11.4 Å². The Balaban J connectivity index is 1.98. The molecule has 1 aromatic heterocycles. The fourth-order valence-electron chi connectivity index (χ4n) is 2.74. The first-order valence-corrected chi connectivity index (χ1v) is 6.87. The molecule has 0 atom stereocenters. The Morgan fingerprint density at radius 1 is 1.15 bits per heavy atom. The van der Waals surface area contributed by atoms with Gasteiger partial charge in [-0.1, -0.05) is 24.3 Å². The van der Waals surface area contributed by atoms with Crippen molar-refractivity contribution >= 4 is 11.7 Å². The van der Waals surface area contributed by atoms with E-state index < -0.39 is 0 Å². The molecule has 1 aliphatic heterocycles. The van der Waals surface area contributed by atoms with Crippen molar-refractivity contribution in [1.82, 2.24) is 4.98 Å². The van der Waals surface area contributed by atoms with Crippen molar-refractivity contribution < 1.29 is 0 Å². The van der Waals surface area contributed by atoms with Crippen LogP contribution in [0.25, 0.3) is 0 Å². The van der Waals surface area contributed by atoms with Crippen molar-refractivity contribution in [3.05, 3.63) is 59.3 Å². The van der Waals surface area contributed by atoms with Crippen LogP contribution in [-0.4, -0.2) is 17.4 Å². The Kier molecular flexibility index (Phi) is 3.37. The summed E-state index contributed by atoms with van der Waals surface area (Å²) in [5.41, 5.74) is 9.14. The van der Waals surface area contributed by atoms with Crippen LogP contribution in [0.2, 0.25) is 0 Å². The third-order valence-corrected chi connectivity index (χ3v) is 3.73. The largest absolute Gasteiger partial charge is 0.384 e. The van der Waals surface area contributed by atoms with Crippen LogP contribution in [0.5, 0.6) is 0 Å². The van der Waals surface area contributed by atoms with E-state index >= 15 is 0 Å². The van der Waals surface area contributed by atoms with Crippen LogP contribution in [0.1, 0.15) is 23.1 Å². The van der Waals surface area contributed by atoms with Crippen LogP contribution in [0, 0.1) is 5.41 Å². The maximum atomic E-state index is 7.71. The molecule has 4 heteroatoms. The van der Waals surface area contributed by atoms with Gasteiger partial charge in [-0.3, -0.25) is 5.41 Å². The molecule has 0 aliphatic carbocycles. The van der Waals surface area contributed by atoms with Crippen molar-refractivity contribution in [3.8, 4) is 0 Å². The number of nitrogens with one attached hydrogen (secondary N) is 1. The lowest BCUT2D eigenvalue weighted by Crippen LogP contribution is -2.27. The Morgan fingerprint density at radius 2 is 1.95 bits per heavy atom. The summed E-state index contributed by atoms with van der Waals surface area (Å²) >= 11 is 0. The molecule has 2 heterocycles. The summed E-state index contributed by atoms with van der Waals surface area (Å²) in [6, 6.07) is 12.2. The van der Waals surface area contributed by atoms with Crippen molar-refractivity contribution in [3.63, 3.8) is 0 Å². The monoisotopic (exact) mass is 266 g/mol. The lowest BCUT2D eigenvalue weighted by Gasteiger charge is -2.24. The minimum Gasteiger partial charge on any atom is -0.384 e. The zero-order chi connectivity index (χ0) is 13.9. The van der Waals surface area contributed by atoms with E-state index in [1.54, 1.807) is 6.20 Å². The van der Waals surface area contributed by atoms with Crippen LogP contribution in [0.3, 0.4) is 0 Å². The number of nitrogen functional groups attached to an aromatic ring is 1. The Morgan fingerprint density at radius 3 is 2.75 bits per heavy atom. The summed E-state index contributed by atoms with van der Waals surface area (Å²) in [5.74, 6) is 0.891. The smallest absolute Gasteiger partial charge is 0.139 e. The first kappa shape index (κ1) is 12.7. The van der Waals surface area contributed by atoms with Crippen LogP contribution >= 0.6 is 0 Å². The number of nitrogens with zero attached hydrogens (tertiary/aromatic N) is 2. The molecule has 1 aromatic carbocycles. The Bertz CT molecular complexity index is 636. The number of hydrogen-bond donors (Lipinski definition) is 2. The molecule has 0 fully saturated rings. The number of pyridine rings is 1. The van der Waals surface area contributed by atoms with Crippen molar-refractivity contribution in [1.29, 1.82) is 5.41 Å². The van der Waals surface area contributed by atoms with Crippen LogP contribution in [-0.2, 0) is 13.0 Å². The van der Waals surface area contributed by atoms with E-state index in [0.29, 0.717) is 5.56 Å². The van der Waals surface area contributed by atoms with Gasteiger partial charge >= 0.3 is 0 Å². The summed E-state index contributed by atoms with van der Waals surface area (Å²) in [6.45, 7) is 1.76. The predicted octanol–water partition coefficient (Wildman–Crippen LogP) is 2.32. The van der Waals surface area contributed by atoms with E-state index in [-0.39, 0.29) is 5.84 Å². The summed E-state index contributed by atoms with van der Waals surface area (Å²) in [7, 11) is 0. The number of hydrogen-bond acceptors (Lipinski definition) is 3. The van der Waals surface area contributed by atoms with Crippen molar-refractivity contribution in [2.24, 2.45) is 5.73 Å². The molecule has 4 nitrogen and oxygen atoms in total. The second kappa shape index (κ2) is 5.33. The van der Waals surface area contributed by atoms with Gasteiger partial charge in [-0.15, -0.1) is 0 Å². The van der Waals surface area contributed by atoms with Gasteiger partial charge in [0, 0.05) is 19.3 Å². The highest BCUT2D eigenvalue weighted by Crippen LogP contribution is 2.24. The molecule has 0 radical (unpaired) electrons. The quantitative estimate of drug-likeness (QED) is 0.647. The van der Waals surface area contributed by atoms with Gasteiger partial charge in [-0.05, 0) is 36.1 Å². The number of amidine groups is 1. The lowest BCUT2D eigenvalue weighted by atomic mass is 10.0. The fourth-order valence-corrected chi connectivity index (χ4v) is 2.74. The average molecular weight is 266 g/mol. The van der Waals surface area contributed by atoms with Crippen LogP contribution in [0.15, 0.2) is 42.6 Å². The van der Waals surface area contributed by atoms with E-state index in [1.165, 1.54) is 11.1 Å². The van der Waals surface area contributed by atoms with E-state index in [2.05, 4.69) is 34.1 Å². The summed E-state index contributed by atoms with van der Waals surface area (Å²) in [5, 5.41) is 7.71. The third kappa shape index (κ3) is 2.37. The molecular weight excluding hydrogens is 248 g/mol. The van der Waals surface area contributed by atoms with Gasteiger partial charge in [0.2, 0.25) is 0 Å². The Labute approximate surface area is 118 Å². The number of fused-ring (bicyclic) bond motifs is 1. The molecule has 0 saturated carbocycles. The topological polar surface area (TPSA) is 66.0 Å². The molecule has 0 unspecified atom stereocenters. The second-order valence-electron chi connectivity index (χ2n) is 5.08. The van der Waals surface area contributed by atoms with Crippen LogP contribution in [0.4, 0.5) is 5.82 Å². The highest BCUT2D eigenvalue weighted by molar-refractivity contribution is 5.99. The van der Waals surface area contributed by atoms with Crippen molar-refractivity contribution in [2.45, 2.75) is 19.4 Å². The van der Waals surface area contributed by atoms with E-state index in [4.69, 9.17) is 11.1 Å². The van der Waals surface area contributed by atoms with Gasteiger partial charge < -0.3 is 10.6 Å². The van der Waals surface area contributed by atoms with Gasteiger partial charge in [0.15, 0.2) is 0 Å². The molecule has 0 saturated heterocycles. The minimum atomic E-state index is 0.0747. The molecule has 1 aliphatic rings. The van der Waals surface area contributed by atoms with E-state index in [0.717, 1.165) is 31.7 Å². The number of rotatable bonds is 2. The molecule has 2 aromatic rings.